The average Bonchev–Trinajstić information content (AvgIpc) is 2.92. The van der Waals surface area contributed by atoms with E-state index in [1.54, 1.807) is 12.1 Å². The molecule has 2 aromatic rings. The Bertz CT molecular complexity index is 995. The second kappa shape index (κ2) is 9.21. The molecule has 0 saturated carbocycles. The lowest BCUT2D eigenvalue weighted by Crippen LogP contribution is -2.33. The molecule has 7 nitrogen and oxygen atoms in total. The Balaban J connectivity index is 1.62. The quantitative estimate of drug-likeness (QED) is 0.614. The van der Waals surface area contributed by atoms with Crippen molar-refractivity contribution in [2.75, 3.05) is 26.8 Å². The van der Waals surface area contributed by atoms with Crippen LogP contribution in [0.15, 0.2) is 41.3 Å². The topological polar surface area (TPSA) is 82.1 Å². The van der Waals surface area contributed by atoms with Crippen molar-refractivity contribution in [3.8, 4) is 11.5 Å². The van der Waals surface area contributed by atoms with Crippen LogP contribution in [0.5, 0.6) is 11.5 Å². The molecule has 1 heterocycles. The zero-order valence-corrected chi connectivity index (χ0v) is 17.9. The summed E-state index contributed by atoms with van der Waals surface area (Å²) in [4.78, 5) is 12.2. The first-order valence-corrected chi connectivity index (χ1v) is 10.9. The van der Waals surface area contributed by atoms with Crippen LogP contribution in [-0.2, 0) is 26.2 Å². The highest BCUT2D eigenvalue weighted by molar-refractivity contribution is 7.89. The molecule has 2 aromatic carbocycles. The van der Waals surface area contributed by atoms with E-state index >= 15 is 0 Å². The molecule has 0 unspecified atom stereocenters. The number of esters is 1. The summed E-state index contributed by atoms with van der Waals surface area (Å²) in [5.41, 5.74) is 0.607. The molecule has 3 rings (SSSR count). The summed E-state index contributed by atoms with van der Waals surface area (Å²) in [6, 6.07) is 8.99. The second-order valence-corrected chi connectivity index (χ2v) is 9.22. The third-order valence-corrected chi connectivity index (χ3v) is 6.49. The highest BCUT2D eigenvalue weighted by Gasteiger charge is 2.24. The van der Waals surface area contributed by atoms with Gasteiger partial charge in [-0.2, -0.15) is 4.31 Å². The fraction of sp³-hybridized carbons (Fsp3) is 0.316. The van der Waals surface area contributed by atoms with Gasteiger partial charge in [-0.05, 0) is 42.0 Å². The molecule has 0 atom stereocenters. The Morgan fingerprint density at radius 3 is 2.55 bits per heavy atom. The minimum atomic E-state index is -3.84. The van der Waals surface area contributed by atoms with Gasteiger partial charge in [0.05, 0.1) is 23.1 Å². The van der Waals surface area contributed by atoms with Crippen molar-refractivity contribution in [2.45, 2.75) is 17.9 Å². The zero-order valence-electron chi connectivity index (χ0n) is 15.6. The van der Waals surface area contributed by atoms with E-state index in [1.165, 1.54) is 31.3 Å². The summed E-state index contributed by atoms with van der Waals surface area (Å²) < 4.78 is 42.3. The Kier molecular flexibility index (Phi) is 6.89. The van der Waals surface area contributed by atoms with Gasteiger partial charge in [-0.1, -0.05) is 23.2 Å². The lowest BCUT2D eigenvalue weighted by Gasteiger charge is -2.17. The monoisotopic (exact) mass is 459 g/mol. The molecule has 0 saturated heterocycles. The average molecular weight is 460 g/mol. The van der Waals surface area contributed by atoms with Crippen LogP contribution in [0.25, 0.3) is 0 Å². The molecule has 10 heteroatoms. The molecular formula is C19H19Cl2NO6S. The first kappa shape index (κ1) is 21.7. The van der Waals surface area contributed by atoms with Crippen LogP contribution in [0.1, 0.15) is 12.0 Å². The van der Waals surface area contributed by atoms with Crippen LogP contribution in [0, 0.1) is 0 Å². The molecule has 0 spiro atoms. The SMILES string of the molecule is CN(CC(=O)OCc1cc(Cl)c2c(c1)OCCCO2)S(=O)(=O)c1ccc(Cl)cc1. The number of fused-ring (bicyclic) bond motifs is 1. The number of nitrogens with zero attached hydrogens (tertiary/aromatic N) is 1. The molecule has 29 heavy (non-hydrogen) atoms. The van der Waals surface area contributed by atoms with E-state index in [0.29, 0.717) is 40.3 Å². The van der Waals surface area contributed by atoms with Crippen LogP contribution < -0.4 is 9.47 Å². The number of halogens is 2. The van der Waals surface area contributed by atoms with Gasteiger partial charge in [0.25, 0.3) is 0 Å². The number of likely N-dealkylation sites (N-methyl/N-ethyl adjacent to an activating group) is 1. The van der Waals surface area contributed by atoms with Gasteiger partial charge < -0.3 is 14.2 Å². The van der Waals surface area contributed by atoms with Gasteiger partial charge in [0.1, 0.15) is 13.2 Å². The number of carbonyl (C=O) groups excluding carboxylic acids is 1. The Morgan fingerprint density at radius 1 is 1.14 bits per heavy atom. The predicted molar refractivity (Wildman–Crippen MR) is 108 cm³/mol. The molecule has 1 aliphatic rings. The molecule has 0 aromatic heterocycles. The van der Waals surface area contributed by atoms with Crippen molar-refractivity contribution in [1.82, 2.24) is 4.31 Å². The number of benzene rings is 2. The number of sulfonamides is 1. The minimum Gasteiger partial charge on any atom is -0.489 e. The van der Waals surface area contributed by atoms with E-state index in [0.717, 1.165) is 10.7 Å². The first-order valence-electron chi connectivity index (χ1n) is 8.73. The molecule has 0 fully saturated rings. The number of ether oxygens (including phenoxy) is 3. The van der Waals surface area contributed by atoms with E-state index < -0.39 is 22.5 Å². The van der Waals surface area contributed by atoms with Crippen LogP contribution in [0.4, 0.5) is 0 Å². The van der Waals surface area contributed by atoms with Gasteiger partial charge in [0.15, 0.2) is 11.5 Å². The lowest BCUT2D eigenvalue weighted by atomic mass is 10.2. The predicted octanol–water partition coefficient (Wildman–Crippen LogP) is 3.52. The maximum absolute atomic E-state index is 12.5. The van der Waals surface area contributed by atoms with Crippen molar-refractivity contribution in [3.05, 3.63) is 52.0 Å². The standard InChI is InChI=1S/C19H19Cl2NO6S/c1-22(29(24,25)15-5-3-14(20)4-6-15)11-18(23)28-12-13-9-16(21)19-17(10-13)26-7-2-8-27-19/h3-6,9-10H,2,7-8,11-12H2,1H3. The summed E-state index contributed by atoms with van der Waals surface area (Å²) >= 11 is 12.0. The first-order chi connectivity index (χ1) is 13.8. The summed E-state index contributed by atoms with van der Waals surface area (Å²) in [5.74, 6) is 0.254. The van der Waals surface area contributed by atoms with Gasteiger partial charge in [0.2, 0.25) is 10.0 Å². The van der Waals surface area contributed by atoms with Gasteiger partial charge in [-0.3, -0.25) is 4.79 Å². The maximum Gasteiger partial charge on any atom is 0.321 e. The second-order valence-electron chi connectivity index (χ2n) is 6.33. The largest absolute Gasteiger partial charge is 0.489 e. The van der Waals surface area contributed by atoms with Crippen LogP contribution in [-0.4, -0.2) is 45.5 Å². The fourth-order valence-corrected chi connectivity index (χ4v) is 4.16. The Morgan fingerprint density at radius 2 is 1.83 bits per heavy atom. The van der Waals surface area contributed by atoms with Crippen LogP contribution in [0.3, 0.4) is 0 Å². The molecule has 1 aliphatic heterocycles. The smallest absolute Gasteiger partial charge is 0.321 e. The molecule has 0 aliphatic carbocycles. The molecule has 0 bridgehead atoms. The van der Waals surface area contributed by atoms with Gasteiger partial charge >= 0.3 is 5.97 Å². The van der Waals surface area contributed by atoms with Gasteiger partial charge in [-0.25, -0.2) is 8.42 Å². The summed E-state index contributed by atoms with van der Waals surface area (Å²) in [7, 11) is -2.54. The van der Waals surface area contributed by atoms with Crippen LogP contribution >= 0.6 is 23.2 Å². The number of hydrogen-bond acceptors (Lipinski definition) is 6. The maximum atomic E-state index is 12.5. The van der Waals surface area contributed by atoms with Crippen molar-refractivity contribution < 1.29 is 27.4 Å². The van der Waals surface area contributed by atoms with Crippen molar-refractivity contribution in [2.24, 2.45) is 0 Å². The Labute approximate surface area is 179 Å². The van der Waals surface area contributed by atoms with Gasteiger partial charge in [0, 0.05) is 18.5 Å². The minimum absolute atomic E-state index is 0.0342. The third kappa shape index (κ3) is 5.33. The summed E-state index contributed by atoms with van der Waals surface area (Å²) in [6.07, 6.45) is 0.740. The molecular weight excluding hydrogens is 441 g/mol. The lowest BCUT2D eigenvalue weighted by molar-refractivity contribution is -0.144. The number of rotatable bonds is 6. The number of hydrogen-bond donors (Lipinski definition) is 0. The number of carbonyl (C=O) groups is 1. The van der Waals surface area contributed by atoms with Crippen molar-refractivity contribution in [3.63, 3.8) is 0 Å². The highest BCUT2D eigenvalue weighted by Crippen LogP contribution is 2.38. The van der Waals surface area contributed by atoms with Crippen molar-refractivity contribution in [1.29, 1.82) is 0 Å². The molecule has 0 amide bonds. The van der Waals surface area contributed by atoms with Gasteiger partial charge in [-0.15, -0.1) is 0 Å². The van der Waals surface area contributed by atoms with E-state index in [1.807, 2.05) is 0 Å². The van der Waals surface area contributed by atoms with E-state index in [2.05, 4.69) is 0 Å². The fourth-order valence-electron chi connectivity index (χ4n) is 2.63. The summed E-state index contributed by atoms with van der Waals surface area (Å²) in [5, 5.41) is 0.776. The normalized spacial score (nSPS) is 13.8. The van der Waals surface area contributed by atoms with Crippen molar-refractivity contribution >= 4 is 39.2 Å². The third-order valence-electron chi connectivity index (χ3n) is 4.14. The van der Waals surface area contributed by atoms with E-state index in [-0.39, 0.29) is 11.5 Å². The van der Waals surface area contributed by atoms with E-state index in [9.17, 15) is 13.2 Å². The van der Waals surface area contributed by atoms with E-state index in [4.69, 9.17) is 37.4 Å². The molecule has 0 N–H and O–H groups in total. The molecule has 156 valence electrons. The molecule has 0 radical (unpaired) electrons. The Hall–Kier alpha value is -2.00. The van der Waals surface area contributed by atoms with Crippen LogP contribution in [0.2, 0.25) is 10.0 Å². The zero-order chi connectivity index (χ0) is 21.0. The highest BCUT2D eigenvalue weighted by atomic mass is 35.5. The summed E-state index contributed by atoms with van der Waals surface area (Å²) in [6.45, 7) is 0.489.